The zero-order valence-corrected chi connectivity index (χ0v) is 11.9. The Balaban J connectivity index is 2.28. The maximum atomic E-state index is 12.4. The molecule has 1 heterocycles. The smallest absolute Gasteiger partial charge is 0.243 e. The molecule has 4 nitrogen and oxygen atoms in total. The van der Waals surface area contributed by atoms with E-state index in [1.54, 1.807) is 12.1 Å². The Morgan fingerprint density at radius 3 is 2.17 bits per heavy atom. The monoisotopic (exact) mass is 289 g/mol. The van der Waals surface area contributed by atoms with Gasteiger partial charge in [-0.05, 0) is 38.1 Å². The van der Waals surface area contributed by atoms with E-state index in [9.17, 15) is 8.42 Å². The topological polar surface area (TPSA) is 46.6 Å². The minimum absolute atomic E-state index is 0.0872. The molecule has 1 aliphatic rings. The molecule has 100 valence electrons. The van der Waals surface area contributed by atoms with Gasteiger partial charge in [0.1, 0.15) is 0 Å². The Labute approximate surface area is 113 Å². The van der Waals surface area contributed by atoms with E-state index >= 15 is 0 Å². The summed E-state index contributed by atoms with van der Waals surface area (Å²) in [5.74, 6) is 0. The van der Waals surface area contributed by atoms with Gasteiger partial charge in [0.2, 0.25) is 10.0 Å². The lowest BCUT2D eigenvalue weighted by atomic mass is 10.3. The van der Waals surface area contributed by atoms with Crippen molar-refractivity contribution >= 4 is 21.6 Å². The predicted molar refractivity (Wildman–Crippen MR) is 70.2 cm³/mol. The summed E-state index contributed by atoms with van der Waals surface area (Å²) < 4.78 is 31.8. The van der Waals surface area contributed by atoms with Crippen LogP contribution in [-0.4, -0.2) is 38.0 Å². The number of sulfonamides is 1. The maximum absolute atomic E-state index is 12.4. The molecule has 0 N–H and O–H groups in total. The Hall–Kier alpha value is -0.620. The van der Waals surface area contributed by atoms with Crippen molar-refractivity contribution in [3.8, 4) is 0 Å². The second-order valence-electron chi connectivity index (χ2n) is 4.53. The molecular formula is C12H16ClNO3S. The van der Waals surface area contributed by atoms with Crippen molar-refractivity contribution in [2.45, 2.75) is 31.0 Å². The Morgan fingerprint density at radius 2 is 1.67 bits per heavy atom. The average molecular weight is 290 g/mol. The third-order valence-electron chi connectivity index (χ3n) is 2.84. The lowest BCUT2D eigenvalue weighted by Crippen LogP contribution is -2.48. The van der Waals surface area contributed by atoms with Crippen molar-refractivity contribution < 1.29 is 13.2 Å². The number of benzene rings is 1. The van der Waals surface area contributed by atoms with Crippen LogP contribution in [0.25, 0.3) is 0 Å². The quantitative estimate of drug-likeness (QED) is 0.838. The Kier molecular flexibility index (Phi) is 3.96. The fourth-order valence-corrected chi connectivity index (χ4v) is 3.80. The highest BCUT2D eigenvalue weighted by Gasteiger charge is 2.31. The van der Waals surface area contributed by atoms with Crippen molar-refractivity contribution in [3.63, 3.8) is 0 Å². The first-order chi connectivity index (χ1) is 8.39. The number of hydrogen-bond acceptors (Lipinski definition) is 3. The summed E-state index contributed by atoms with van der Waals surface area (Å²) in [5.41, 5.74) is 0. The number of morpholine rings is 1. The van der Waals surface area contributed by atoms with E-state index in [2.05, 4.69) is 0 Å². The molecule has 2 atom stereocenters. The molecule has 0 radical (unpaired) electrons. The van der Waals surface area contributed by atoms with Gasteiger partial charge in [-0.25, -0.2) is 8.42 Å². The lowest BCUT2D eigenvalue weighted by molar-refractivity contribution is -0.0440. The number of halogens is 1. The van der Waals surface area contributed by atoms with Gasteiger partial charge in [0, 0.05) is 18.1 Å². The van der Waals surface area contributed by atoms with Gasteiger partial charge in [0.15, 0.2) is 0 Å². The zero-order valence-electron chi connectivity index (χ0n) is 10.3. The van der Waals surface area contributed by atoms with Crippen LogP contribution < -0.4 is 0 Å². The van der Waals surface area contributed by atoms with E-state index in [0.29, 0.717) is 18.1 Å². The van der Waals surface area contributed by atoms with E-state index in [1.807, 2.05) is 13.8 Å². The number of nitrogens with zero attached hydrogens (tertiary/aromatic N) is 1. The van der Waals surface area contributed by atoms with Crippen LogP contribution in [0.1, 0.15) is 13.8 Å². The van der Waals surface area contributed by atoms with E-state index in [4.69, 9.17) is 16.3 Å². The van der Waals surface area contributed by atoms with Crippen LogP contribution in [0.3, 0.4) is 0 Å². The molecule has 0 bridgehead atoms. The lowest BCUT2D eigenvalue weighted by Gasteiger charge is -2.34. The highest BCUT2D eigenvalue weighted by Crippen LogP contribution is 2.22. The van der Waals surface area contributed by atoms with Crippen LogP contribution in [0.15, 0.2) is 29.2 Å². The van der Waals surface area contributed by atoms with Gasteiger partial charge in [-0.2, -0.15) is 4.31 Å². The average Bonchev–Trinajstić information content (AvgIpc) is 2.28. The molecular weight excluding hydrogens is 274 g/mol. The first-order valence-corrected chi connectivity index (χ1v) is 7.62. The molecule has 18 heavy (non-hydrogen) atoms. The van der Waals surface area contributed by atoms with Gasteiger partial charge in [-0.3, -0.25) is 0 Å². The summed E-state index contributed by atoms with van der Waals surface area (Å²) in [6.07, 6.45) is -0.174. The van der Waals surface area contributed by atoms with Crippen LogP contribution in [0.4, 0.5) is 0 Å². The first kappa shape index (κ1) is 13.8. The van der Waals surface area contributed by atoms with Crippen LogP contribution >= 0.6 is 11.6 Å². The van der Waals surface area contributed by atoms with E-state index in [-0.39, 0.29) is 17.1 Å². The fraction of sp³-hybridized carbons (Fsp3) is 0.500. The zero-order chi connectivity index (χ0) is 13.3. The minimum Gasteiger partial charge on any atom is -0.373 e. The SMILES string of the molecule is C[C@H]1CN(S(=O)(=O)c2ccc(Cl)cc2)C[C@H](C)O1. The van der Waals surface area contributed by atoms with Crippen LogP contribution in [0, 0.1) is 0 Å². The molecule has 1 saturated heterocycles. The summed E-state index contributed by atoms with van der Waals surface area (Å²) in [5, 5.41) is 0.526. The third-order valence-corrected chi connectivity index (χ3v) is 4.94. The van der Waals surface area contributed by atoms with Gasteiger partial charge in [-0.15, -0.1) is 0 Å². The standard InChI is InChI=1S/C12H16ClNO3S/c1-9-7-14(8-10(2)17-9)18(15,16)12-5-3-11(13)4-6-12/h3-6,9-10H,7-8H2,1-2H3/t9-,10-/m0/s1. The van der Waals surface area contributed by atoms with Crippen molar-refractivity contribution in [1.29, 1.82) is 0 Å². The molecule has 6 heteroatoms. The van der Waals surface area contributed by atoms with Crippen molar-refractivity contribution in [3.05, 3.63) is 29.3 Å². The minimum atomic E-state index is -3.45. The van der Waals surface area contributed by atoms with Crippen LogP contribution in [0.5, 0.6) is 0 Å². The Morgan fingerprint density at radius 1 is 1.17 bits per heavy atom. The number of rotatable bonds is 2. The molecule has 0 unspecified atom stereocenters. The summed E-state index contributed by atoms with van der Waals surface area (Å²) in [4.78, 5) is 0.271. The molecule has 0 amide bonds. The Bertz CT molecular complexity index is 505. The molecule has 1 aromatic rings. The summed E-state index contributed by atoms with van der Waals surface area (Å²) >= 11 is 5.77. The molecule has 0 spiro atoms. The molecule has 1 aromatic carbocycles. The third kappa shape index (κ3) is 2.85. The summed E-state index contributed by atoms with van der Waals surface area (Å²) in [6, 6.07) is 6.23. The van der Waals surface area contributed by atoms with Gasteiger partial charge in [0.05, 0.1) is 17.1 Å². The predicted octanol–water partition coefficient (Wildman–Crippen LogP) is 2.14. The van der Waals surface area contributed by atoms with Gasteiger partial charge < -0.3 is 4.74 Å². The molecule has 1 aliphatic heterocycles. The van der Waals surface area contributed by atoms with Crippen molar-refractivity contribution in [2.75, 3.05) is 13.1 Å². The molecule has 1 fully saturated rings. The first-order valence-electron chi connectivity index (χ1n) is 5.81. The van der Waals surface area contributed by atoms with Crippen LogP contribution in [-0.2, 0) is 14.8 Å². The largest absolute Gasteiger partial charge is 0.373 e. The molecule has 0 aromatic heterocycles. The highest BCUT2D eigenvalue weighted by molar-refractivity contribution is 7.89. The fourth-order valence-electron chi connectivity index (χ4n) is 2.08. The second kappa shape index (κ2) is 5.17. The van der Waals surface area contributed by atoms with Gasteiger partial charge >= 0.3 is 0 Å². The normalized spacial score (nSPS) is 26.2. The van der Waals surface area contributed by atoms with Crippen molar-refractivity contribution in [1.82, 2.24) is 4.31 Å². The summed E-state index contributed by atoms with van der Waals surface area (Å²) in [7, 11) is -3.45. The highest BCUT2D eigenvalue weighted by atomic mass is 35.5. The van der Waals surface area contributed by atoms with E-state index in [1.165, 1.54) is 16.4 Å². The molecule has 2 rings (SSSR count). The van der Waals surface area contributed by atoms with Gasteiger partial charge in [-0.1, -0.05) is 11.6 Å². The van der Waals surface area contributed by atoms with Crippen LogP contribution in [0.2, 0.25) is 5.02 Å². The van der Waals surface area contributed by atoms with E-state index < -0.39 is 10.0 Å². The number of ether oxygens (including phenoxy) is 1. The number of hydrogen-bond donors (Lipinski definition) is 0. The second-order valence-corrected chi connectivity index (χ2v) is 6.91. The summed E-state index contributed by atoms with van der Waals surface area (Å²) in [6.45, 7) is 4.52. The van der Waals surface area contributed by atoms with Gasteiger partial charge in [0.25, 0.3) is 0 Å². The van der Waals surface area contributed by atoms with Crippen molar-refractivity contribution in [2.24, 2.45) is 0 Å². The maximum Gasteiger partial charge on any atom is 0.243 e. The van der Waals surface area contributed by atoms with E-state index in [0.717, 1.165) is 0 Å². The molecule has 0 aliphatic carbocycles. The molecule has 0 saturated carbocycles.